The number of rotatable bonds is 3. The number of nitrogens with zero attached hydrogens (tertiary/aromatic N) is 1. The monoisotopic (exact) mass is 341 g/mol. The Morgan fingerprint density at radius 2 is 1.92 bits per heavy atom. The van der Waals surface area contributed by atoms with Gasteiger partial charge in [0.05, 0.1) is 0 Å². The molecule has 2 aromatic rings. The third-order valence-corrected chi connectivity index (χ3v) is 5.50. The van der Waals surface area contributed by atoms with E-state index >= 15 is 0 Å². The molecule has 0 radical (unpaired) electrons. The Balaban J connectivity index is 1.62. The summed E-state index contributed by atoms with van der Waals surface area (Å²) in [6.07, 6.45) is 6.80. The molecule has 2 aliphatic heterocycles. The molecule has 124 valence electrons. The Hall–Kier alpha value is -1.64. The summed E-state index contributed by atoms with van der Waals surface area (Å²) >= 11 is 5.90. The zero-order valence-electron chi connectivity index (χ0n) is 13.6. The molecule has 0 N–H and O–H groups in total. The molecule has 0 aliphatic carbocycles. The van der Waals surface area contributed by atoms with E-state index in [-0.39, 0.29) is 5.82 Å². The third kappa shape index (κ3) is 3.13. The summed E-state index contributed by atoms with van der Waals surface area (Å²) in [6, 6.07) is 16.6. The minimum Gasteiger partial charge on any atom is -0.289 e. The Kier molecular flexibility index (Phi) is 4.43. The quantitative estimate of drug-likeness (QED) is 0.693. The van der Waals surface area contributed by atoms with Crippen molar-refractivity contribution in [1.82, 2.24) is 4.90 Å². The van der Waals surface area contributed by atoms with E-state index in [0.29, 0.717) is 17.1 Å². The number of benzene rings is 2. The van der Waals surface area contributed by atoms with Crippen molar-refractivity contribution in [1.29, 1.82) is 0 Å². The average Bonchev–Trinajstić information content (AvgIpc) is 2.56. The molecular formula is C21H21ClFN. The topological polar surface area (TPSA) is 3.24 Å². The van der Waals surface area contributed by atoms with Crippen molar-refractivity contribution in [2.24, 2.45) is 0 Å². The van der Waals surface area contributed by atoms with E-state index in [1.807, 2.05) is 6.07 Å². The van der Waals surface area contributed by atoms with Gasteiger partial charge in [0.2, 0.25) is 0 Å². The average molecular weight is 342 g/mol. The number of piperidine rings is 1. The molecule has 0 spiro atoms. The van der Waals surface area contributed by atoms with Gasteiger partial charge in [0.25, 0.3) is 0 Å². The Morgan fingerprint density at radius 1 is 1.08 bits per heavy atom. The Bertz CT molecular complexity index is 756. The predicted octanol–water partition coefficient (Wildman–Crippen LogP) is 5.69. The molecule has 4 rings (SSSR count). The van der Waals surface area contributed by atoms with Gasteiger partial charge in [-0.2, -0.15) is 0 Å². The Labute approximate surface area is 147 Å². The van der Waals surface area contributed by atoms with Crippen LogP contribution in [-0.2, 0) is 6.54 Å². The number of hydrogen-bond donors (Lipinski definition) is 0. The van der Waals surface area contributed by atoms with Crippen LogP contribution in [0.25, 0.3) is 5.57 Å². The molecule has 3 heteroatoms. The molecule has 2 bridgehead atoms. The predicted molar refractivity (Wildman–Crippen MR) is 97.4 cm³/mol. The highest BCUT2D eigenvalue weighted by Crippen LogP contribution is 2.38. The maximum absolute atomic E-state index is 14.3. The van der Waals surface area contributed by atoms with E-state index in [4.69, 9.17) is 11.6 Å². The highest BCUT2D eigenvalue weighted by molar-refractivity contribution is 6.30. The van der Waals surface area contributed by atoms with Crippen LogP contribution in [0.3, 0.4) is 0 Å². The van der Waals surface area contributed by atoms with Gasteiger partial charge in [0.1, 0.15) is 5.82 Å². The van der Waals surface area contributed by atoms with Gasteiger partial charge in [-0.1, -0.05) is 60.5 Å². The molecule has 2 atom stereocenters. The molecule has 2 aromatic carbocycles. The normalized spacial score (nSPS) is 23.8. The van der Waals surface area contributed by atoms with Crippen molar-refractivity contribution in [3.05, 3.63) is 76.6 Å². The second kappa shape index (κ2) is 6.70. The molecule has 0 saturated carbocycles. The number of hydrogen-bond acceptors (Lipinski definition) is 1. The summed E-state index contributed by atoms with van der Waals surface area (Å²) in [4.78, 5) is 2.59. The summed E-state index contributed by atoms with van der Waals surface area (Å²) in [5.74, 6) is -0.205. The van der Waals surface area contributed by atoms with Crippen LogP contribution < -0.4 is 0 Å². The maximum Gasteiger partial charge on any atom is 0.132 e. The van der Waals surface area contributed by atoms with E-state index in [1.165, 1.54) is 24.5 Å². The van der Waals surface area contributed by atoms with Gasteiger partial charge in [-0.3, -0.25) is 4.90 Å². The van der Waals surface area contributed by atoms with Crippen molar-refractivity contribution < 1.29 is 4.39 Å². The summed E-state index contributed by atoms with van der Waals surface area (Å²) in [5, 5.41) is 0.457. The second-order valence-electron chi connectivity index (χ2n) is 6.83. The van der Waals surface area contributed by atoms with Crippen molar-refractivity contribution in [3.8, 4) is 0 Å². The SMILES string of the molecule is Fc1cc(Cl)ccc1C1=CC2CCCC(C1)N2Cc1ccccc1. The van der Waals surface area contributed by atoms with Crippen LogP contribution in [0.1, 0.15) is 36.8 Å². The van der Waals surface area contributed by atoms with Gasteiger partial charge in [-0.25, -0.2) is 4.39 Å². The fraction of sp³-hybridized carbons (Fsp3) is 0.333. The van der Waals surface area contributed by atoms with Crippen LogP contribution in [-0.4, -0.2) is 17.0 Å². The zero-order valence-corrected chi connectivity index (χ0v) is 14.3. The molecule has 1 saturated heterocycles. The smallest absolute Gasteiger partial charge is 0.132 e. The first-order chi connectivity index (χ1) is 11.7. The van der Waals surface area contributed by atoms with Gasteiger partial charge >= 0.3 is 0 Å². The lowest BCUT2D eigenvalue weighted by Gasteiger charge is -2.45. The molecule has 1 nitrogen and oxygen atoms in total. The number of fused-ring (bicyclic) bond motifs is 2. The summed E-state index contributed by atoms with van der Waals surface area (Å²) < 4.78 is 14.3. The van der Waals surface area contributed by atoms with Gasteiger partial charge < -0.3 is 0 Å². The van der Waals surface area contributed by atoms with Crippen LogP contribution in [0, 0.1) is 5.82 Å². The van der Waals surface area contributed by atoms with E-state index in [0.717, 1.165) is 30.5 Å². The molecule has 2 heterocycles. The third-order valence-electron chi connectivity index (χ3n) is 5.27. The zero-order chi connectivity index (χ0) is 16.5. The largest absolute Gasteiger partial charge is 0.289 e. The van der Waals surface area contributed by atoms with Crippen molar-refractivity contribution >= 4 is 17.2 Å². The first-order valence-electron chi connectivity index (χ1n) is 8.66. The van der Waals surface area contributed by atoms with E-state index < -0.39 is 0 Å². The van der Waals surface area contributed by atoms with Gasteiger partial charge in [0, 0.05) is 29.2 Å². The molecule has 0 aromatic heterocycles. The molecule has 2 aliphatic rings. The van der Waals surface area contributed by atoms with Crippen LogP contribution in [0.2, 0.25) is 5.02 Å². The van der Waals surface area contributed by atoms with Crippen molar-refractivity contribution in [2.75, 3.05) is 0 Å². The van der Waals surface area contributed by atoms with Crippen LogP contribution in [0.5, 0.6) is 0 Å². The van der Waals surface area contributed by atoms with Gasteiger partial charge in [-0.05, 0) is 42.5 Å². The molecule has 2 unspecified atom stereocenters. The minimum absolute atomic E-state index is 0.205. The fourth-order valence-electron chi connectivity index (χ4n) is 4.11. The van der Waals surface area contributed by atoms with Crippen LogP contribution in [0.15, 0.2) is 54.6 Å². The fourth-order valence-corrected chi connectivity index (χ4v) is 4.27. The van der Waals surface area contributed by atoms with Crippen molar-refractivity contribution in [3.63, 3.8) is 0 Å². The van der Waals surface area contributed by atoms with E-state index in [9.17, 15) is 4.39 Å². The first-order valence-corrected chi connectivity index (χ1v) is 9.04. The van der Waals surface area contributed by atoms with E-state index in [2.05, 4.69) is 41.3 Å². The minimum atomic E-state index is -0.205. The van der Waals surface area contributed by atoms with Gasteiger partial charge in [0.15, 0.2) is 0 Å². The molecular weight excluding hydrogens is 321 g/mol. The lowest BCUT2D eigenvalue weighted by molar-refractivity contribution is 0.0950. The molecule has 0 amide bonds. The summed E-state index contributed by atoms with van der Waals surface area (Å²) in [5.41, 5.74) is 3.21. The molecule has 24 heavy (non-hydrogen) atoms. The standard InChI is InChI=1S/C21H21ClFN/c22-17-9-10-20(21(23)13-17)16-11-18-7-4-8-19(12-16)24(18)14-15-5-2-1-3-6-15/h1-3,5-6,9-11,13,18-19H,4,7-8,12,14H2. The maximum atomic E-state index is 14.3. The van der Waals surface area contributed by atoms with E-state index in [1.54, 1.807) is 6.07 Å². The molecule has 1 fully saturated rings. The first kappa shape index (κ1) is 15.9. The lowest BCUT2D eigenvalue weighted by atomic mass is 9.82. The van der Waals surface area contributed by atoms with Crippen molar-refractivity contribution in [2.45, 2.75) is 44.3 Å². The second-order valence-corrected chi connectivity index (χ2v) is 7.27. The highest BCUT2D eigenvalue weighted by Gasteiger charge is 2.34. The van der Waals surface area contributed by atoms with Crippen LogP contribution >= 0.6 is 11.6 Å². The number of halogens is 2. The van der Waals surface area contributed by atoms with Crippen LogP contribution in [0.4, 0.5) is 4.39 Å². The Morgan fingerprint density at radius 3 is 2.67 bits per heavy atom. The summed E-state index contributed by atoms with van der Waals surface area (Å²) in [7, 11) is 0. The highest BCUT2D eigenvalue weighted by atomic mass is 35.5. The lowest BCUT2D eigenvalue weighted by Crippen LogP contribution is -2.47. The summed E-state index contributed by atoms with van der Waals surface area (Å²) in [6.45, 7) is 0.975. The van der Waals surface area contributed by atoms with Gasteiger partial charge in [-0.15, -0.1) is 0 Å².